The first-order valence-corrected chi connectivity index (χ1v) is 6.89. The Hall–Kier alpha value is -2.21. The van der Waals surface area contributed by atoms with Gasteiger partial charge in [-0.2, -0.15) is 0 Å². The fraction of sp³-hybridized carbons (Fsp3) is 0.0667. The Morgan fingerprint density at radius 2 is 1.62 bits per heavy atom. The zero-order chi connectivity index (χ0) is 15.4. The summed E-state index contributed by atoms with van der Waals surface area (Å²) in [6.45, 7) is 1.78. The lowest BCUT2D eigenvalue weighted by Crippen LogP contribution is -2.42. The van der Waals surface area contributed by atoms with Gasteiger partial charge in [0.25, 0.3) is 11.8 Å². The number of nitrogens with one attached hydrogen (secondary N) is 2. The van der Waals surface area contributed by atoms with Crippen molar-refractivity contribution in [1.29, 1.82) is 0 Å². The molecule has 2 aromatic carbocycles. The maximum Gasteiger partial charge on any atom is 0.272 e. The van der Waals surface area contributed by atoms with E-state index in [4.69, 9.17) is 0 Å². The van der Waals surface area contributed by atoms with Crippen LogP contribution in [-0.2, 0) is 0 Å². The van der Waals surface area contributed by atoms with Gasteiger partial charge in [-0.15, -0.1) is 0 Å². The average molecular weight is 351 g/mol. The molecule has 0 atom stereocenters. The van der Waals surface area contributed by atoms with E-state index < -0.39 is 17.6 Å². The van der Waals surface area contributed by atoms with Crippen LogP contribution in [0.2, 0.25) is 0 Å². The predicted octanol–water partition coefficient (Wildman–Crippen LogP) is 2.97. The first kappa shape index (κ1) is 15.2. The Kier molecular flexibility index (Phi) is 4.70. The third-order valence-corrected chi connectivity index (χ3v) is 3.35. The predicted molar refractivity (Wildman–Crippen MR) is 80.2 cm³/mol. The molecule has 0 fully saturated rings. The maximum absolute atomic E-state index is 13.5. The standard InChI is InChI=1S/C15H12BrFN2O2/c1-9-4-2-3-5-11(9)14(20)18-19-15(21)12-8-10(16)6-7-13(12)17/h2-8H,1H3,(H,18,20)(H,19,21). The van der Waals surface area contributed by atoms with E-state index in [2.05, 4.69) is 26.8 Å². The topological polar surface area (TPSA) is 58.2 Å². The summed E-state index contributed by atoms with van der Waals surface area (Å²) in [6, 6.07) is 10.9. The fourth-order valence-electron chi connectivity index (χ4n) is 1.75. The normalized spacial score (nSPS) is 10.0. The minimum Gasteiger partial charge on any atom is -0.267 e. The highest BCUT2D eigenvalue weighted by atomic mass is 79.9. The molecule has 2 aromatic rings. The molecule has 0 unspecified atom stereocenters. The second kappa shape index (κ2) is 6.49. The molecule has 0 aromatic heterocycles. The molecule has 0 spiro atoms. The molecule has 6 heteroatoms. The van der Waals surface area contributed by atoms with Crippen LogP contribution in [0.4, 0.5) is 4.39 Å². The maximum atomic E-state index is 13.5. The molecule has 2 amide bonds. The lowest BCUT2D eigenvalue weighted by atomic mass is 10.1. The van der Waals surface area contributed by atoms with E-state index in [1.807, 2.05) is 6.07 Å². The van der Waals surface area contributed by atoms with Crippen molar-refractivity contribution >= 4 is 27.7 Å². The Morgan fingerprint density at radius 3 is 2.29 bits per heavy atom. The van der Waals surface area contributed by atoms with Gasteiger partial charge in [0.05, 0.1) is 5.56 Å². The van der Waals surface area contributed by atoms with E-state index in [0.717, 1.165) is 5.56 Å². The van der Waals surface area contributed by atoms with E-state index >= 15 is 0 Å². The number of halogens is 2. The fourth-order valence-corrected chi connectivity index (χ4v) is 2.11. The summed E-state index contributed by atoms with van der Waals surface area (Å²) in [7, 11) is 0. The van der Waals surface area contributed by atoms with Crippen molar-refractivity contribution < 1.29 is 14.0 Å². The van der Waals surface area contributed by atoms with Crippen LogP contribution in [0, 0.1) is 12.7 Å². The number of aryl methyl sites for hydroxylation is 1. The van der Waals surface area contributed by atoms with E-state index in [1.165, 1.54) is 18.2 Å². The van der Waals surface area contributed by atoms with E-state index in [1.54, 1.807) is 25.1 Å². The van der Waals surface area contributed by atoms with Crippen molar-refractivity contribution in [2.75, 3.05) is 0 Å². The molecular formula is C15H12BrFN2O2. The SMILES string of the molecule is Cc1ccccc1C(=O)NNC(=O)c1cc(Br)ccc1F. The number of rotatable bonds is 2. The molecule has 2 rings (SSSR count). The van der Waals surface area contributed by atoms with E-state index in [9.17, 15) is 14.0 Å². The Morgan fingerprint density at radius 1 is 1.00 bits per heavy atom. The Labute approximate surface area is 129 Å². The minimum absolute atomic E-state index is 0.158. The van der Waals surface area contributed by atoms with Gasteiger partial charge >= 0.3 is 0 Å². The van der Waals surface area contributed by atoms with Crippen LogP contribution >= 0.6 is 15.9 Å². The van der Waals surface area contributed by atoms with Crippen LogP contribution in [-0.4, -0.2) is 11.8 Å². The van der Waals surface area contributed by atoms with Crippen LogP contribution in [0.25, 0.3) is 0 Å². The van der Waals surface area contributed by atoms with Crippen molar-refractivity contribution in [3.05, 3.63) is 69.4 Å². The summed E-state index contributed by atoms with van der Waals surface area (Å²) in [5.41, 5.74) is 5.51. The third kappa shape index (κ3) is 3.66. The molecule has 0 bridgehead atoms. The summed E-state index contributed by atoms with van der Waals surface area (Å²) in [6.07, 6.45) is 0. The summed E-state index contributed by atoms with van der Waals surface area (Å²) >= 11 is 3.16. The lowest BCUT2D eigenvalue weighted by molar-refractivity contribution is 0.0844. The van der Waals surface area contributed by atoms with Crippen LogP contribution in [0.15, 0.2) is 46.9 Å². The third-order valence-electron chi connectivity index (χ3n) is 2.85. The van der Waals surface area contributed by atoms with Crippen molar-refractivity contribution in [2.24, 2.45) is 0 Å². The minimum atomic E-state index is -0.726. The molecule has 2 N–H and O–H groups in total. The molecule has 108 valence electrons. The van der Waals surface area contributed by atoms with Gasteiger partial charge in [-0.05, 0) is 36.8 Å². The largest absolute Gasteiger partial charge is 0.272 e. The number of carbonyl (C=O) groups is 2. The van der Waals surface area contributed by atoms with Crippen LogP contribution in [0.1, 0.15) is 26.3 Å². The van der Waals surface area contributed by atoms with Crippen molar-refractivity contribution in [3.63, 3.8) is 0 Å². The summed E-state index contributed by atoms with van der Waals surface area (Å²) in [5.74, 6) is -1.85. The Balaban J connectivity index is 2.06. The molecule has 0 aliphatic carbocycles. The van der Waals surface area contributed by atoms with Gasteiger partial charge in [0.15, 0.2) is 0 Å². The monoisotopic (exact) mass is 350 g/mol. The number of hydrogen-bond donors (Lipinski definition) is 2. The zero-order valence-corrected chi connectivity index (χ0v) is 12.7. The second-order valence-corrected chi connectivity index (χ2v) is 5.26. The first-order valence-electron chi connectivity index (χ1n) is 6.10. The highest BCUT2D eigenvalue weighted by molar-refractivity contribution is 9.10. The van der Waals surface area contributed by atoms with Crippen molar-refractivity contribution in [2.45, 2.75) is 6.92 Å². The number of hydrogen-bond acceptors (Lipinski definition) is 2. The molecule has 0 saturated heterocycles. The summed E-state index contributed by atoms with van der Waals surface area (Å²) in [4.78, 5) is 23.8. The molecule has 0 aliphatic rings. The van der Waals surface area contributed by atoms with Gasteiger partial charge in [0.2, 0.25) is 0 Å². The summed E-state index contributed by atoms with van der Waals surface area (Å²) in [5, 5.41) is 0. The molecule has 0 radical (unpaired) electrons. The lowest BCUT2D eigenvalue weighted by Gasteiger charge is -2.09. The first-order chi connectivity index (χ1) is 9.99. The number of hydrazine groups is 1. The van der Waals surface area contributed by atoms with Crippen LogP contribution in [0.5, 0.6) is 0 Å². The van der Waals surface area contributed by atoms with E-state index in [0.29, 0.717) is 10.0 Å². The smallest absolute Gasteiger partial charge is 0.267 e. The molecular weight excluding hydrogens is 339 g/mol. The molecule has 21 heavy (non-hydrogen) atoms. The summed E-state index contributed by atoms with van der Waals surface area (Å²) < 4.78 is 14.1. The number of carbonyl (C=O) groups excluding carboxylic acids is 2. The van der Waals surface area contributed by atoms with Gasteiger partial charge < -0.3 is 0 Å². The molecule has 0 heterocycles. The zero-order valence-electron chi connectivity index (χ0n) is 11.1. The van der Waals surface area contributed by atoms with E-state index in [-0.39, 0.29) is 5.56 Å². The number of amides is 2. The highest BCUT2D eigenvalue weighted by Gasteiger charge is 2.14. The second-order valence-electron chi connectivity index (χ2n) is 4.35. The van der Waals surface area contributed by atoms with Gasteiger partial charge in [-0.25, -0.2) is 4.39 Å². The van der Waals surface area contributed by atoms with Gasteiger partial charge in [0, 0.05) is 10.0 Å². The molecule has 0 aliphatic heterocycles. The van der Waals surface area contributed by atoms with Crippen molar-refractivity contribution in [3.8, 4) is 0 Å². The highest BCUT2D eigenvalue weighted by Crippen LogP contribution is 2.15. The number of benzene rings is 2. The van der Waals surface area contributed by atoms with Crippen LogP contribution < -0.4 is 10.9 Å². The van der Waals surface area contributed by atoms with Gasteiger partial charge in [0.1, 0.15) is 5.82 Å². The molecule has 4 nitrogen and oxygen atoms in total. The average Bonchev–Trinajstić information content (AvgIpc) is 2.47. The quantitative estimate of drug-likeness (QED) is 0.818. The van der Waals surface area contributed by atoms with Crippen LogP contribution in [0.3, 0.4) is 0 Å². The van der Waals surface area contributed by atoms with Gasteiger partial charge in [-0.3, -0.25) is 20.4 Å². The van der Waals surface area contributed by atoms with Crippen molar-refractivity contribution in [1.82, 2.24) is 10.9 Å². The van der Waals surface area contributed by atoms with Gasteiger partial charge in [-0.1, -0.05) is 34.1 Å². The molecule has 0 saturated carbocycles. The Bertz CT molecular complexity index is 704.